The first kappa shape index (κ1) is 17.0. The summed E-state index contributed by atoms with van der Waals surface area (Å²) in [5.41, 5.74) is 0.971. The quantitative estimate of drug-likeness (QED) is 0.487. The minimum atomic E-state index is -2.54. The number of hydrogen-bond donors (Lipinski definition) is 0. The molecular weight excluding hydrogens is 296 g/mol. The topological polar surface area (TPSA) is 49.4 Å². The van der Waals surface area contributed by atoms with E-state index in [9.17, 15) is 8.76 Å². The van der Waals surface area contributed by atoms with Gasteiger partial charge in [-0.2, -0.15) is 0 Å². The van der Waals surface area contributed by atoms with E-state index in [2.05, 4.69) is 6.92 Å². The molecule has 0 aliphatic carbocycles. The molecule has 1 atom stereocenters. The maximum Gasteiger partial charge on any atom is 0.150 e. The van der Waals surface area contributed by atoms with E-state index in [0.29, 0.717) is 5.75 Å². The monoisotopic (exact) mass is 319 g/mol. The number of fused-ring (bicyclic) bond motifs is 1. The van der Waals surface area contributed by atoms with Crippen LogP contribution in [0.25, 0.3) is 10.8 Å². The van der Waals surface area contributed by atoms with Crippen molar-refractivity contribution in [1.29, 1.82) is 0 Å². The number of rotatable bonds is 9. The summed E-state index contributed by atoms with van der Waals surface area (Å²) in [7, 11) is 0. The van der Waals surface area contributed by atoms with Gasteiger partial charge in [-0.05, 0) is 23.8 Å². The molecule has 0 saturated carbocycles. The zero-order chi connectivity index (χ0) is 15.8. The van der Waals surface area contributed by atoms with Gasteiger partial charge in [-0.15, -0.1) is 0 Å². The lowest BCUT2D eigenvalue weighted by Crippen LogP contribution is -2.02. The molecule has 0 bridgehead atoms. The summed E-state index contributed by atoms with van der Waals surface area (Å²) in [5.74, 6) is 0.486. The third-order valence-corrected chi connectivity index (χ3v) is 4.21. The maximum absolute atomic E-state index is 11.0. The van der Waals surface area contributed by atoms with Crippen LogP contribution < -0.4 is 4.18 Å². The van der Waals surface area contributed by atoms with Crippen molar-refractivity contribution >= 4 is 22.1 Å². The molecule has 0 aliphatic heterocycles. The van der Waals surface area contributed by atoms with Crippen molar-refractivity contribution in [2.75, 3.05) is 0 Å². The van der Waals surface area contributed by atoms with Crippen LogP contribution in [0.3, 0.4) is 0 Å². The summed E-state index contributed by atoms with van der Waals surface area (Å²) >= 11 is -2.54. The molecule has 120 valence electrons. The van der Waals surface area contributed by atoms with Crippen LogP contribution in [0.4, 0.5) is 0 Å². The van der Waals surface area contributed by atoms with Gasteiger partial charge in [0, 0.05) is 5.39 Å². The van der Waals surface area contributed by atoms with Crippen LogP contribution in [0, 0.1) is 0 Å². The molecular formula is C18H23O3S-. The summed E-state index contributed by atoms with van der Waals surface area (Å²) < 4.78 is 27.1. The fourth-order valence-electron chi connectivity index (χ4n) is 2.75. The normalized spacial score (nSPS) is 12.5. The molecule has 0 N–H and O–H groups in total. The van der Waals surface area contributed by atoms with Crippen molar-refractivity contribution in [3.05, 3.63) is 42.0 Å². The van der Waals surface area contributed by atoms with Crippen LogP contribution in [0.2, 0.25) is 0 Å². The number of aryl methyl sites for hydroxylation is 1. The van der Waals surface area contributed by atoms with Crippen LogP contribution >= 0.6 is 0 Å². The first-order valence-electron chi connectivity index (χ1n) is 8.00. The van der Waals surface area contributed by atoms with Gasteiger partial charge in [0.15, 0.2) is 0 Å². The third kappa shape index (κ3) is 4.82. The minimum absolute atomic E-state index is 0.486. The summed E-state index contributed by atoms with van der Waals surface area (Å²) in [6, 6.07) is 11.7. The number of hydrogen-bond acceptors (Lipinski definition) is 3. The van der Waals surface area contributed by atoms with E-state index in [4.69, 9.17) is 4.18 Å². The van der Waals surface area contributed by atoms with Crippen molar-refractivity contribution in [3.63, 3.8) is 0 Å². The van der Waals surface area contributed by atoms with Crippen molar-refractivity contribution in [2.45, 2.75) is 51.9 Å². The van der Waals surface area contributed by atoms with E-state index in [1.807, 2.05) is 36.4 Å². The van der Waals surface area contributed by atoms with Gasteiger partial charge in [0.25, 0.3) is 0 Å². The lowest BCUT2D eigenvalue weighted by molar-refractivity contribution is 0.439. The second kappa shape index (κ2) is 8.91. The molecule has 2 aromatic rings. The van der Waals surface area contributed by atoms with Gasteiger partial charge in [0.05, 0.1) is 0 Å². The summed E-state index contributed by atoms with van der Waals surface area (Å²) in [6.45, 7) is 2.21. The molecule has 0 amide bonds. The molecule has 2 aromatic carbocycles. The van der Waals surface area contributed by atoms with E-state index < -0.39 is 11.4 Å². The Labute approximate surface area is 135 Å². The molecule has 0 fully saturated rings. The smallest absolute Gasteiger partial charge is 0.150 e. The molecule has 0 saturated heterocycles. The van der Waals surface area contributed by atoms with E-state index in [1.165, 1.54) is 32.1 Å². The van der Waals surface area contributed by atoms with E-state index >= 15 is 0 Å². The highest BCUT2D eigenvalue weighted by Gasteiger charge is 2.09. The number of benzene rings is 2. The average Bonchev–Trinajstić information content (AvgIpc) is 2.52. The SMILES string of the molecule is CCCCCCCCc1ccc2ccccc2c1OS(=O)[O-]. The van der Waals surface area contributed by atoms with Gasteiger partial charge in [-0.25, -0.2) is 4.21 Å². The van der Waals surface area contributed by atoms with Gasteiger partial charge in [-0.3, -0.25) is 0 Å². The highest BCUT2D eigenvalue weighted by Crippen LogP contribution is 2.31. The predicted octanol–water partition coefficient (Wildman–Crippen LogP) is 4.92. The molecule has 0 radical (unpaired) electrons. The van der Waals surface area contributed by atoms with Gasteiger partial charge in [0.2, 0.25) is 0 Å². The average molecular weight is 319 g/mol. The van der Waals surface area contributed by atoms with Crippen molar-refractivity contribution < 1.29 is 12.9 Å². The molecule has 4 heteroatoms. The second-order valence-corrected chi connectivity index (χ2v) is 6.16. The van der Waals surface area contributed by atoms with Crippen LogP contribution in [0.15, 0.2) is 36.4 Å². The van der Waals surface area contributed by atoms with Gasteiger partial charge in [0.1, 0.15) is 17.1 Å². The highest BCUT2D eigenvalue weighted by molar-refractivity contribution is 7.74. The van der Waals surface area contributed by atoms with E-state index in [1.54, 1.807) is 0 Å². The molecule has 2 rings (SSSR count). The zero-order valence-electron chi connectivity index (χ0n) is 13.0. The Kier molecular flexibility index (Phi) is 6.87. The lowest BCUT2D eigenvalue weighted by Gasteiger charge is -2.15. The third-order valence-electron chi connectivity index (χ3n) is 3.91. The highest BCUT2D eigenvalue weighted by atomic mass is 32.2. The van der Waals surface area contributed by atoms with Gasteiger partial charge >= 0.3 is 0 Å². The van der Waals surface area contributed by atoms with Crippen LogP contribution in [0.5, 0.6) is 5.75 Å². The van der Waals surface area contributed by atoms with E-state index in [0.717, 1.165) is 29.2 Å². The second-order valence-electron chi connectivity index (χ2n) is 5.58. The summed E-state index contributed by atoms with van der Waals surface area (Å²) in [4.78, 5) is 0. The summed E-state index contributed by atoms with van der Waals surface area (Å²) in [5, 5.41) is 1.85. The largest absolute Gasteiger partial charge is 0.740 e. The zero-order valence-corrected chi connectivity index (χ0v) is 13.9. The number of unbranched alkanes of at least 4 members (excludes halogenated alkanes) is 5. The summed E-state index contributed by atoms with van der Waals surface area (Å²) in [6.07, 6.45) is 8.14. The Hall–Kier alpha value is -1.39. The van der Waals surface area contributed by atoms with Gasteiger partial charge < -0.3 is 8.74 Å². The Morgan fingerprint density at radius 1 is 1.00 bits per heavy atom. The van der Waals surface area contributed by atoms with E-state index in [-0.39, 0.29) is 0 Å². The molecule has 3 nitrogen and oxygen atoms in total. The maximum atomic E-state index is 11.0. The minimum Gasteiger partial charge on any atom is -0.740 e. The molecule has 0 aromatic heterocycles. The fourth-order valence-corrected chi connectivity index (χ4v) is 3.08. The van der Waals surface area contributed by atoms with Crippen molar-refractivity contribution in [3.8, 4) is 5.75 Å². The van der Waals surface area contributed by atoms with Crippen LogP contribution in [-0.2, 0) is 17.8 Å². The Morgan fingerprint density at radius 2 is 1.73 bits per heavy atom. The Morgan fingerprint density at radius 3 is 2.50 bits per heavy atom. The first-order chi connectivity index (χ1) is 10.7. The van der Waals surface area contributed by atoms with Gasteiger partial charge in [-0.1, -0.05) is 75.4 Å². The van der Waals surface area contributed by atoms with Crippen LogP contribution in [0.1, 0.15) is 51.0 Å². The molecule has 22 heavy (non-hydrogen) atoms. The first-order valence-corrected chi connectivity index (χ1v) is 9.00. The standard InChI is InChI=1S/C18H24O3S/c1-2-3-4-5-6-7-11-16-14-13-15-10-8-9-12-17(15)18(16)21-22(19)20/h8-10,12-14H,2-7,11H2,1H3,(H,19,20)/p-1. The predicted molar refractivity (Wildman–Crippen MR) is 90.6 cm³/mol. The van der Waals surface area contributed by atoms with Crippen molar-refractivity contribution in [1.82, 2.24) is 0 Å². The Bertz CT molecular complexity index is 625. The Balaban J connectivity index is 2.09. The molecule has 0 aliphatic rings. The molecule has 0 spiro atoms. The molecule has 1 unspecified atom stereocenters. The van der Waals surface area contributed by atoms with Crippen molar-refractivity contribution in [2.24, 2.45) is 0 Å². The molecule has 0 heterocycles. The lowest BCUT2D eigenvalue weighted by atomic mass is 10.0. The van der Waals surface area contributed by atoms with Crippen LogP contribution in [-0.4, -0.2) is 8.76 Å². The fraction of sp³-hybridized carbons (Fsp3) is 0.444.